The van der Waals surface area contributed by atoms with Crippen molar-refractivity contribution in [1.82, 2.24) is 0 Å². The first-order chi connectivity index (χ1) is 19.1. The van der Waals surface area contributed by atoms with Crippen molar-refractivity contribution >= 4 is 23.9 Å². The number of rotatable bonds is 9. The molecule has 0 radical (unpaired) electrons. The van der Waals surface area contributed by atoms with E-state index < -0.39 is 17.5 Å². The van der Waals surface area contributed by atoms with Gasteiger partial charge in [0.05, 0.1) is 22.9 Å². The molecule has 1 unspecified atom stereocenters. The summed E-state index contributed by atoms with van der Waals surface area (Å²) in [5.41, 5.74) is -1.74. The van der Waals surface area contributed by atoms with Crippen LogP contribution < -0.4 is 0 Å². The molecule has 2 fully saturated rings. The topological polar surface area (TPSA) is 105 Å². The Morgan fingerprint density at radius 3 is 1.57 bits per heavy atom. The van der Waals surface area contributed by atoms with E-state index in [1.165, 1.54) is 19.3 Å². The number of carbonyl (C=O) groups is 4. The van der Waals surface area contributed by atoms with E-state index in [0.717, 1.165) is 32.1 Å². The molecule has 0 amide bonds. The van der Waals surface area contributed by atoms with Gasteiger partial charge in [0, 0.05) is 6.42 Å². The zero-order valence-corrected chi connectivity index (χ0v) is 29.1. The molecule has 0 aromatic carbocycles. The van der Waals surface area contributed by atoms with Gasteiger partial charge in [0.15, 0.2) is 0 Å². The molecule has 42 heavy (non-hydrogen) atoms. The van der Waals surface area contributed by atoms with Crippen LogP contribution in [0.1, 0.15) is 154 Å². The highest BCUT2D eigenvalue weighted by Crippen LogP contribution is 2.37. The second-order valence-electron chi connectivity index (χ2n) is 14.6. The van der Waals surface area contributed by atoms with Crippen LogP contribution in [0.3, 0.4) is 0 Å². The molecule has 1 heterocycles. The molecule has 0 aromatic rings. The first-order valence-electron chi connectivity index (χ1n) is 16.0. The monoisotopic (exact) mass is 598 g/mol. The minimum absolute atomic E-state index is 0.0150. The van der Waals surface area contributed by atoms with Crippen LogP contribution in [0.15, 0.2) is 0 Å². The molecule has 1 atom stereocenters. The number of hydrogen-bond acceptors (Lipinski definition) is 8. The fourth-order valence-electron chi connectivity index (χ4n) is 3.78. The number of carbonyl (C=O) groups excluding carboxylic acids is 4. The molecule has 1 aliphatic carbocycles. The molecule has 0 spiro atoms. The highest BCUT2D eigenvalue weighted by atomic mass is 16.6. The molecule has 0 N–H and O–H groups in total. The number of cyclic esters (lactones) is 1. The predicted molar refractivity (Wildman–Crippen MR) is 166 cm³/mol. The third kappa shape index (κ3) is 13.5. The lowest BCUT2D eigenvalue weighted by Gasteiger charge is -2.38. The lowest BCUT2D eigenvalue weighted by molar-refractivity contribution is -0.175. The van der Waals surface area contributed by atoms with E-state index in [4.69, 9.17) is 18.9 Å². The third-order valence-electron chi connectivity index (χ3n) is 8.56. The van der Waals surface area contributed by atoms with Crippen LogP contribution in [-0.2, 0) is 38.1 Å². The fraction of sp³-hybridized carbons (Fsp3) is 0.882. The van der Waals surface area contributed by atoms with Crippen molar-refractivity contribution in [1.29, 1.82) is 0 Å². The molecule has 0 bridgehead atoms. The molecule has 2 aliphatic rings. The van der Waals surface area contributed by atoms with Crippen molar-refractivity contribution in [2.24, 2.45) is 16.2 Å². The predicted octanol–water partition coefficient (Wildman–Crippen LogP) is 8.12. The summed E-state index contributed by atoms with van der Waals surface area (Å²) in [5, 5.41) is 0. The van der Waals surface area contributed by atoms with Gasteiger partial charge in [-0.3, -0.25) is 14.4 Å². The van der Waals surface area contributed by atoms with Gasteiger partial charge in [0.25, 0.3) is 0 Å². The summed E-state index contributed by atoms with van der Waals surface area (Å²) in [4.78, 5) is 46.2. The second-order valence-corrected chi connectivity index (χ2v) is 14.6. The summed E-state index contributed by atoms with van der Waals surface area (Å²) in [5.74, 6) is -0.884. The van der Waals surface area contributed by atoms with E-state index in [1.54, 1.807) is 13.8 Å². The second kappa shape index (κ2) is 16.7. The van der Waals surface area contributed by atoms with Crippen molar-refractivity contribution in [3.8, 4) is 0 Å². The Morgan fingerprint density at radius 1 is 0.738 bits per heavy atom. The van der Waals surface area contributed by atoms with Gasteiger partial charge in [-0.05, 0) is 114 Å². The average Bonchev–Trinajstić information content (AvgIpc) is 3.32. The van der Waals surface area contributed by atoms with E-state index in [9.17, 15) is 19.2 Å². The summed E-state index contributed by atoms with van der Waals surface area (Å²) >= 11 is 0. The van der Waals surface area contributed by atoms with Gasteiger partial charge in [-0.1, -0.05) is 34.1 Å². The summed E-state index contributed by atoms with van der Waals surface area (Å²) in [7, 11) is 0. The summed E-state index contributed by atoms with van der Waals surface area (Å²) < 4.78 is 20.9. The first-order valence-corrected chi connectivity index (χ1v) is 16.0. The van der Waals surface area contributed by atoms with Crippen LogP contribution in [0.25, 0.3) is 0 Å². The first kappa shape index (κ1) is 39.9. The van der Waals surface area contributed by atoms with Gasteiger partial charge < -0.3 is 18.9 Å². The van der Waals surface area contributed by atoms with Gasteiger partial charge in [-0.2, -0.15) is 0 Å². The molecule has 1 saturated heterocycles. The zero-order valence-electron chi connectivity index (χ0n) is 29.1. The van der Waals surface area contributed by atoms with Crippen molar-refractivity contribution < 1.29 is 38.1 Å². The SMILES string of the molecule is CCC(C)(C)C(=O)OC(C)(C)C.CCC(C)(C)C(=O)OC1CCOC1=O.CCC1(OC(=O)C(C)(C)CC)CCCCC1. The smallest absolute Gasteiger partial charge is 0.347 e. The molecule has 2 rings (SSSR count). The van der Waals surface area contributed by atoms with Crippen LogP contribution in [0.2, 0.25) is 0 Å². The van der Waals surface area contributed by atoms with Crippen molar-refractivity contribution in [2.45, 2.75) is 172 Å². The molecule has 1 saturated carbocycles. The highest BCUT2D eigenvalue weighted by Gasteiger charge is 2.38. The Labute approximate surface area is 256 Å². The third-order valence-corrected chi connectivity index (χ3v) is 8.56. The van der Waals surface area contributed by atoms with Gasteiger partial charge in [0.1, 0.15) is 11.2 Å². The quantitative estimate of drug-likeness (QED) is 0.193. The standard InChI is InChI=1S/C14H26O2.C10H16O4.C10H20O2/c1-5-13(3,4)12(15)16-14(6-2)10-8-7-9-11-14;1-4-10(2,3)9(12)14-7-5-6-13-8(7)11;1-7-10(5,6)8(11)12-9(2,3)4/h5-11H2,1-4H3;7H,4-6H2,1-3H3;7H2,1-6H3. The normalized spacial score (nSPS) is 18.8. The van der Waals surface area contributed by atoms with E-state index in [2.05, 4.69) is 6.92 Å². The number of hydrogen-bond donors (Lipinski definition) is 0. The Morgan fingerprint density at radius 2 is 1.19 bits per heavy atom. The van der Waals surface area contributed by atoms with Crippen molar-refractivity contribution in [2.75, 3.05) is 6.61 Å². The largest absolute Gasteiger partial charge is 0.463 e. The summed E-state index contributed by atoms with van der Waals surface area (Å²) in [6.45, 7) is 25.4. The number of esters is 4. The molecule has 8 nitrogen and oxygen atoms in total. The van der Waals surface area contributed by atoms with E-state index in [0.29, 0.717) is 19.4 Å². The van der Waals surface area contributed by atoms with Crippen LogP contribution in [0.5, 0.6) is 0 Å². The van der Waals surface area contributed by atoms with Gasteiger partial charge >= 0.3 is 23.9 Å². The minimum atomic E-state index is -0.687. The van der Waals surface area contributed by atoms with Gasteiger partial charge in [0.2, 0.25) is 6.10 Å². The fourth-order valence-corrected chi connectivity index (χ4v) is 3.78. The van der Waals surface area contributed by atoms with E-state index in [1.807, 2.05) is 69.2 Å². The van der Waals surface area contributed by atoms with E-state index >= 15 is 0 Å². The maximum absolute atomic E-state index is 12.1. The highest BCUT2D eigenvalue weighted by molar-refractivity contribution is 5.82. The average molecular weight is 599 g/mol. The lowest BCUT2D eigenvalue weighted by atomic mass is 9.82. The lowest BCUT2D eigenvalue weighted by Crippen LogP contribution is -2.40. The van der Waals surface area contributed by atoms with Crippen LogP contribution in [0.4, 0.5) is 0 Å². The Balaban J connectivity index is 0.000000608. The van der Waals surface area contributed by atoms with Gasteiger partial charge in [-0.25, -0.2) is 4.79 Å². The zero-order chi connectivity index (χ0) is 33.0. The number of ether oxygens (including phenoxy) is 4. The minimum Gasteiger partial charge on any atom is -0.463 e. The summed E-state index contributed by atoms with van der Waals surface area (Å²) in [6.07, 6.45) is 8.87. The van der Waals surface area contributed by atoms with Crippen LogP contribution in [-0.4, -0.2) is 47.8 Å². The summed E-state index contributed by atoms with van der Waals surface area (Å²) in [6, 6.07) is 0. The van der Waals surface area contributed by atoms with Crippen LogP contribution in [0, 0.1) is 16.2 Å². The molecular weight excluding hydrogens is 536 g/mol. The van der Waals surface area contributed by atoms with Crippen molar-refractivity contribution in [3.05, 3.63) is 0 Å². The van der Waals surface area contributed by atoms with Gasteiger partial charge in [-0.15, -0.1) is 0 Å². The molecule has 0 aromatic heterocycles. The molecular formula is C34H62O8. The maximum Gasteiger partial charge on any atom is 0.347 e. The molecule has 1 aliphatic heterocycles. The Kier molecular flexibility index (Phi) is 15.8. The molecule has 8 heteroatoms. The van der Waals surface area contributed by atoms with Crippen LogP contribution >= 0.6 is 0 Å². The maximum atomic E-state index is 12.1. The Hall–Kier alpha value is -2.12. The molecule has 246 valence electrons. The van der Waals surface area contributed by atoms with Crippen molar-refractivity contribution in [3.63, 3.8) is 0 Å². The Bertz CT molecular complexity index is 872. The van der Waals surface area contributed by atoms with E-state index in [-0.39, 0.29) is 39.9 Å².